The van der Waals surface area contributed by atoms with Crippen LogP contribution >= 0.6 is 0 Å². The van der Waals surface area contributed by atoms with Crippen molar-refractivity contribution in [2.75, 3.05) is 30.6 Å². The molecular formula is C19H19N5O3. The fourth-order valence-electron chi connectivity index (χ4n) is 2.41. The molecule has 4 N–H and O–H groups in total. The van der Waals surface area contributed by atoms with Crippen LogP contribution < -0.4 is 21.1 Å². The summed E-state index contributed by atoms with van der Waals surface area (Å²) >= 11 is 0. The van der Waals surface area contributed by atoms with E-state index in [1.54, 1.807) is 31.4 Å². The van der Waals surface area contributed by atoms with Gasteiger partial charge in [-0.05, 0) is 36.4 Å². The first-order valence-electron chi connectivity index (χ1n) is 8.08. The number of rotatable bonds is 6. The summed E-state index contributed by atoms with van der Waals surface area (Å²) < 4.78 is 9.94. The number of aromatic nitrogens is 2. The highest BCUT2D eigenvalue weighted by molar-refractivity contribution is 5.97. The van der Waals surface area contributed by atoms with Crippen LogP contribution in [0.1, 0.15) is 10.4 Å². The van der Waals surface area contributed by atoms with Crippen LogP contribution in [0.4, 0.5) is 28.7 Å². The topological polar surface area (TPSA) is 111 Å². The van der Waals surface area contributed by atoms with E-state index in [2.05, 4.69) is 20.6 Å². The van der Waals surface area contributed by atoms with Crippen molar-refractivity contribution in [2.45, 2.75) is 0 Å². The van der Waals surface area contributed by atoms with E-state index in [-0.39, 0.29) is 0 Å². The zero-order chi connectivity index (χ0) is 19.2. The standard InChI is InChI=1S/C19H19N5O3/c1-26-13-9-7-12(8-10-13)23-17-16(20)18(22-11-21-17)24-15-6-4-3-5-14(15)19(25)27-2/h3-11H,20H2,1-2H3,(H2,21,22,23,24). The third-order valence-electron chi connectivity index (χ3n) is 3.82. The molecule has 27 heavy (non-hydrogen) atoms. The maximum atomic E-state index is 11.9. The number of methoxy groups -OCH3 is 2. The molecule has 1 aromatic heterocycles. The number of ether oxygens (including phenoxy) is 2. The van der Waals surface area contributed by atoms with Gasteiger partial charge < -0.3 is 25.8 Å². The van der Waals surface area contributed by atoms with Crippen LogP contribution in [-0.2, 0) is 4.74 Å². The van der Waals surface area contributed by atoms with Crippen LogP contribution in [0.3, 0.4) is 0 Å². The lowest BCUT2D eigenvalue weighted by atomic mass is 10.2. The van der Waals surface area contributed by atoms with E-state index < -0.39 is 5.97 Å². The van der Waals surface area contributed by atoms with E-state index in [1.807, 2.05) is 24.3 Å². The van der Waals surface area contributed by atoms with Gasteiger partial charge in [-0.3, -0.25) is 0 Å². The largest absolute Gasteiger partial charge is 0.497 e. The third-order valence-corrected chi connectivity index (χ3v) is 3.82. The van der Waals surface area contributed by atoms with Gasteiger partial charge in [-0.1, -0.05) is 12.1 Å². The monoisotopic (exact) mass is 365 g/mol. The van der Waals surface area contributed by atoms with Crippen molar-refractivity contribution in [3.05, 3.63) is 60.4 Å². The fraction of sp³-hybridized carbons (Fsp3) is 0.105. The Bertz CT molecular complexity index is 944. The summed E-state index contributed by atoms with van der Waals surface area (Å²) in [5, 5.41) is 6.20. The quantitative estimate of drug-likeness (QED) is 0.570. The molecular weight excluding hydrogens is 346 g/mol. The van der Waals surface area contributed by atoms with E-state index in [9.17, 15) is 4.79 Å². The Morgan fingerprint density at radius 2 is 1.63 bits per heavy atom. The third kappa shape index (κ3) is 4.06. The fourth-order valence-corrected chi connectivity index (χ4v) is 2.41. The van der Waals surface area contributed by atoms with Crippen molar-refractivity contribution in [1.82, 2.24) is 9.97 Å². The molecule has 3 rings (SSSR count). The van der Waals surface area contributed by atoms with Gasteiger partial charge in [0.15, 0.2) is 11.6 Å². The lowest BCUT2D eigenvalue weighted by molar-refractivity contribution is 0.0602. The van der Waals surface area contributed by atoms with E-state index in [0.717, 1.165) is 11.4 Å². The molecule has 3 aromatic rings. The first-order chi connectivity index (χ1) is 13.1. The first-order valence-corrected chi connectivity index (χ1v) is 8.08. The molecule has 1 heterocycles. The zero-order valence-corrected chi connectivity index (χ0v) is 14.9. The molecule has 0 aliphatic rings. The second-order valence-corrected chi connectivity index (χ2v) is 5.50. The Labute approximate surface area is 156 Å². The van der Waals surface area contributed by atoms with E-state index >= 15 is 0 Å². The van der Waals surface area contributed by atoms with E-state index in [4.69, 9.17) is 15.2 Å². The number of benzene rings is 2. The van der Waals surface area contributed by atoms with Gasteiger partial charge in [0.25, 0.3) is 0 Å². The lowest BCUT2D eigenvalue weighted by Crippen LogP contribution is -2.09. The van der Waals surface area contributed by atoms with Gasteiger partial charge >= 0.3 is 5.97 Å². The molecule has 8 heteroatoms. The molecule has 0 unspecified atom stereocenters. The molecule has 0 fully saturated rings. The number of anilines is 5. The average Bonchev–Trinajstić information content (AvgIpc) is 2.71. The van der Waals surface area contributed by atoms with Gasteiger partial charge in [0.2, 0.25) is 0 Å². The summed E-state index contributed by atoms with van der Waals surface area (Å²) in [7, 11) is 2.93. The number of para-hydroxylation sites is 1. The molecule has 0 amide bonds. The van der Waals surface area contributed by atoms with Crippen molar-refractivity contribution in [3.63, 3.8) is 0 Å². The zero-order valence-electron chi connectivity index (χ0n) is 14.9. The van der Waals surface area contributed by atoms with Gasteiger partial charge in [0, 0.05) is 5.69 Å². The first kappa shape index (κ1) is 18.0. The second-order valence-electron chi connectivity index (χ2n) is 5.50. The van der Waals surface area contributed by atoms with Crippen LogP contribution in [0.5, 0.6) is 5.75 Å². The van der Waals surface area contributed by atoms with Crippen LogP contribution in [0.2, 0.25) is 0 Å². The minimum absolute atomic E-state index is 0.313. The summed E-state index contributed by atoms with van der Waals surface area (Å²) in [4.78, 5) is 20.3. The smallest absolute Gasteiger partial charge is 0.339 e. The summed E-state index contributed by atoms with van der Waals surface area (Å²) in [6.07, 6.45) is 1.38. The maximum Gasteiger partial charge on any atom is 0.339 e. The molecule has 0 bridgehead atoms. The van der Waals surface area contributed by atoms with Crippen LogP contribution in [0.25, 0.3) is 0 Å². The van der Waals surface area contributed by atoms with Crippen molar-refractivity contribution in [3.8, 4) is 5.75 Å². The van der Waals surface area contributed by atoms with Gasteiger partial charge in [-0.25, -0.2) is 14.8 Å². The van der Waals surface area contributed by atoms with Crippen molar-refractivity contribution < 1.29 is 14.3 Å². The molecule has 0 aliphatic carbocycles. The molecule has 138 valence electrons. The van der Waals surface area contributed by atoms with E-state index in [1.165, 1.54) is 13.4 Å². The number of hydrogen-bond donors (Lipinski definition) is 3. The molecule has 0 spiro atoms. The number of nitrogens with zero attached hydrogens (tertiary/aromatic N) is 2. The maximum absolute atomic E-state index is 11.9. The minimum atomic E-state index is -0.456. The molecule has 0 aliphatic heterocycles. The number of hydrogen-bond acceptors (Lipinski definition) is 8. The molecule has 8 nitrogen and oxygen atoms in total. The normalized spacial score (nSPS) is 10.1. The second kappa shape index (κ2) is 8.05. The number of nitrogens with two attached hydrogens (primary N) is 1. The highest BCUT2D eigenvalue weighted by Crippen LogP contribution is 2.29. The number of carbonyl (C=O) groups excluding carboxylic acids is 1. The highest BCUT2D eigenvalue weighted by Gasteiger charge is 2.14. The number of nitrogen functional groups attached to an aromatic ring is 1. The molecule has 0 saturated carbocycles. The Kier molecular flexibility index (Phi) is 5.36. The lowest BCUT2D eigenvalue weighted by Gasteiger charge is -2.14. The Morgan fingerprint density at radius 1 is 0.963 bits per heavy atom. The van der Waals surface area contributed by atoms with Crippen molar-refractivity contribution in [2.24, 2.45) is 0 Å². The van der Waals surface area contributed by atoms with Crippen molar-refractivity contribution in [1.29, 1.82) is 0 Å². The summed E-state index contributed by atoms with van der Waals surface area (Å²) in [6, 6.07) is 14.3. The predicted molar refractivity (Wildman–Crippen MR) is 104 cm³/mol. The van der Waals surface area contributed by atoms with Gasteiger partial charge in [-0.15, -0.1) is 0 Å². The Morgan fingerprint density at radius 3 is 2.30 bits per heavy atom. The minimum Gasteiger partial charge on any atom is -0.497 e. The van der Waals surface area contributed by atoms with Crippen LogP contribution in [0, 0.1) is 0 Å². The summed E-state index contributed by atoms with van der Waals surface area (Å²) in [6.45, 7) is 0. The van der Waals surface area contributed by atoms with Crippen LogP contribution in [-0.4, -0.2) is 30.2 Å². The van der Waals surface area contributed by atoms with Gasteiger partial charge in [-0.2, -0.15) is 0 Å². The Hall–Kier alpha value is -3.81. The average molecular weight is 365 g/mol. The summed E-state index contributed by atoms with van der Waals surface area (Å²) in [5.74, 6) is 1.10. The molecule has 0 atom stereocenters. The number of carbonyl (C=O) groups is 1. The predicted octanol–water partition coefficient (Wildman–Crippen LogP) is 3.34. The highest BCUT2D eigenvalue weighted by atomic mass is 16.5. The molecule has 0 radical (unpaired) electrons. The summed E-state index contributed by atoms with van der Waals surface area (Å²) in [5.41, 5.74) is 8.22. The molecule has 2 aromatic carbocycles. The number of nitrogens with one attached hydrogen (secondary N) is 2. The number of esters is 1. The van der Waals surface area contributed by atoms with Gasteiger partial charge in [0.1, 0.15) is 17.8 Å². The van der Waals surface area contributed by atoms with E-state index in [0.29, 0.717) is 28.6 Å². The van der Waals surface area contributed by atoms with Crippen LogP contribution in [0.15, 0.2) is 54.9 Å². The van der Waals surface area contributed by atoms with Gasteiger partial charge in [0.05, 0.1) is 25.5 Å². The SMILES string of the molecule is COC(=O)c1ccccc1Nc1ncnc(Nc2ccc(OC)cc2)c1N. The molecule has 0 saturated heterocycles. The Balaban J connectivity index is 1.86. The van der Waals surface area contributed by atoms with Crippen molar-refractivity contribution >= 4 is 34.7 Å².